The molecule has 2 unspecified atom stereocenters. The van der Waals surface area contributed by atoms with E-state index in [-0.39, 0.29) is 30.2 Å². The number of para-hydroxylation sites is 1. The van der Waals surface area contributed by atoms with Gasteiger partial charge in [-0.1, -0.05) is 25.5 Å². The van der Waals surface area contributed by atoms with Crippen LogP contribution in [0.25, 0.3) is 0 Å². The molecule has 0 saturated carbocycles. The highest BCUT2D eigenvalue weighted by atomic mass is 16.2. The van der Waals surface area contributed by atoms with Crippen LogP contribution in [0.5, 0.6) is 0 Å². The summed E-state index contributed by atoms with van der Waals surface area (Å²) in [5.41, 5.74) is 0.512. The predicted molar refractivity (Wildman–Crippen MR) is 99.7 cm³/mol. The normalized spacial score (nSPS) is 22.9. The molecule has 0 bridgehead atoms. The lowest BCUT2D eigenvalue weighted by molar-refractivity contribution is -0.122. The zero-order valence-corrected chi connectivity index (χ0v) is 15.7. The summed E-state index contributed by atoms with van der Waals surface area (Å²) < 4.78 is 0. The van der Waals surface area contributed by atoms with Crippen LogP contribution in [0.3, 0.4) is 0 Å². The summed E-state index contributed by atoms with van der Waals surface area (Å²) in [5.74, 6) is -0.140. The van der Waals surface area contributed by atoms with Crippen LogP contribution in [0, 0.1) is 0 Å². The van der Waals surface area contributed by atoms with E-state index in [9.17, 15) is 14.4 Å². The number of nitrogens with one attached hydrogen (secondary N) is 1. The number of benzene rings is 1. The fourth-order valence-corrected chi connectivity index (χ4v) is 4.11. The molecule has 0 aliphatic carbocycles. The molecule has 2 aliphatic heterocycles. The van der Waals surface area contributed by atoms with Crippen LogP contribution in [0.15, 0.2) is 24.3 Å². The number of amides is 3. The van der Waals surface area contributed by atoms with Gasteiger partial charge in [0.2, 0.25) is 11.8 Å². The predicted octanol–water partition coefficient (Wildman–Crippen LogP) is 2.68. The average Bonchev–Trinajstić information content (AvgIpc) is 2.90. The minimum absolute atomic E-state index is 0.0264. The first kappa shape index (κ1) is 18.4. The molecule has 0 spiro atoms. The summed E-state index contributed by atoms with van der Waals surface area (Å²) in [5, 5.41) is 2.98. The van der Waals surface area contributed by atoms with E-state index in [1.54, 1.807) is 21.9 Å². The molecule has 26 heavy (non-hydrogen) atoms. The largest absolute Gasteiger partial charge is 0.354 e. The third-order valence-corrected chi connectivity index (χ3v) is 5.44. The minimum Gasteiger partial charge on any atom is -0.354 e. The van der Waals surface area contributed by atoms with Crippen molar-refractivity contribution >= 4 is 23.4 Å². The van der Waals surface area contributed by atoms with E-state index < -0.39 is 5.66 Å². The smallest absolute Gasteiger partial charge is 0.257 e. The van der Waals surface area contributed by atoms with E-state index in [1.807, 2.05) is 26.0 Å². The second-order valence-corrected chi connectivity index (χ2v) is 7.43. The molecular weight excluding hydrogens is 330 g/mol. The molecule has 6 heteroatoms. The Morgan fingerprint density at radius 3 is 2.77 bits per heavy atom. The summed E-state index contributed by atoms with van der Waals surface area (Å²) in [6.07, 6.45) is 3.17. The standard InChI is InChI=1S/C20H27N3O3/c1-4-7-14(2)21-17(24)11-13-22-19(26)15-8-5-6-9-16(15)23-18(25)10-12-20(22,23)3/h5-6,8-9,14H,4,7,10-13H2,1-3H3,(H,21,24). The van der Waals surface area contributed by atoms with Crippen molar-refractivity contribution in [2.24, 2.45) is 0 Å². The zero-order valence-electron chi connectivity index (χ0n) is 15.7. The Morgan fingerprint density at radius 2 is 2.04 bits per heavy atom. The summed E-state index contributed by atoms with van der Waals surface area (Å²) >= 11 is 0. The molecular formula is C20H27N3O3. The summed E-state index contributed by atoms with van der Waals surface area (Å²) in [7, 11) is 0. The van der Waals surface area contributed by atoms with Gasteiger partial charge in [-0.05, 0) is 38.8 Å². The summed E-state index contributed by atoms with van der Waals surface area (Å²) in [6, 6.07) is 7.35. The maximum Gasteiger partial charge on any atom is 0.257 e. The van der Waals surface area contributed by atoms with Gasteiger partial charge in [0.05, 0.1) is 11.3 Å². The summed E-state index contributed by atoms with van der Waals surface area (Å²) in [6.45, 7) is 6.29. The molecule has 3 rings (SSSR count). The number of anilines is 1. The molecule has 140 valence electrons. The van der Waals surface area contributed by atoms with Gasteiger partial charge in [-0.2, -0.15) is 0 Å². The van der Waals surface area contributed by atoms with Gasteiger partial charge < -0.3 is 10.2 Å². The highest BCUT2D eigenvalue weighted by molar-refractivity contribution is 6.10. The van der Waals surface area contributed by atoms with Gasteiger partial charge in [-0.15, -0.1) is 0 Å². The van der Waals surface area contributed by atoms with Gasteiger partial charge in [-0.3, -0.25) is 19.3 Å². The maximum absolute atomic E-state index is 13.1. The van der Waals surface area contributed by atoms with Crippen LogP contribution in [0.1, 0.15) is 63.2 Å². The molecule has 2 heterocycles. The summed E-state index contributed by atoms with van der Waals surface area (Å²) in [4.78, 5) is 41.2. The lowest BCUT2D eigenvalue weighted by Crippen LogP contribution is -2.62. The Labute approximate surface area is 154 Å². The molecule has 0 radical (unpaired) electrons. The van der Waals surface area contributed by atoms with E-state index >= 15 is 0 Å². The Kier molecular flexibility index (Phi) is 5.03. The lowest BCUT2D eigenvalue weighted by Gasteiger charge is -2.48. The number of fused-ring (bicyclic) bond motifs is 3. The number of hydrogen-bond acceptors (Lipinski definition) is 3. The van der Waals surface area contributed by atoms with Crippen LogP contribution >= 0.6 is 0 Å². The zero-order chi connectivity index (χ0) is 18.9. The van der Waals surface area contributed by atoms with Gasteiger partial charge in [-0.25, -0.2) is 0 Å². The minimum atomic E-state index is -0.697. The Bertz CT molecular complexity index is 733. The Hall–Kier alpha value is -2.37. The molecule has 1 aromatic rings. The van der Waals surface area contributed by atoms with Crippen molar-refractivity contribution in [2.45, 2.75) is 64.6 Å². The highest BCUT2D eigenvalue weighted by Gasteiger charge is 2.52. The van der Waals surface area contributed by atoms with Crippen LogP contribution in [0.4, 0.5) is 5.69 Å². The first-order valence-corrected chi connectivity index (χ1v) is 9.42. The Balaban J connectivity index is 1.80. The van der Waals surface area contributed by atoms with E-state index in [1.165, 1.54) is 0 Å². The van der Waals surface area contributed by atoms with E-state index in [2.05, 4.69) is 12.2 Å². The Morgan fingerprint density at radius 1 is 1.31 bits per heavy atom. The number of rotatable bonds is 6. The van der Waals surface area contributed by atoms with E-state index in [0.717, 1.165) is 12.8 Å². The molecule has 1 N–H and O–H groups in total. The monoisotopic (exact) mass is 357 g/mol. The average molecular weight is 357 g/mol. The number of carbonyl (C=O) groups is 3. The van der Waals surface area contributed by atoms with Crippen LogP contribution in [-0.2, 0) is 9.59 Å². The lowest BCUT2D eigenvalue weighted by atomic mass is 9.98. The van der Waals surface area contributed by atoms with Crippen LogP contribution in [-0.4, -0.2) is 40.9 Å². The van der Waals surface area contributed by atoms with E-state index in [0.29, 0.717) is 30.6 Å². The fraction of sp³-hybridized carbons (Fsp3) is 0.550. The molecule has 3 amide bonds. The van der Waals surface area contributed by atoms with Crippen LogP contribution < -0.4 is 10.2 Å². The SMILES string of the molecule is CCCC(C)NC(=O)CCN1C(=O)c2ccccc2N2C(=O)CCC12C. The van der Waals surface area contributed by atoms with Crippen molar-refractivity contribution in [3.8, 4) is 0 Å². The number of hydrogen-bond donors (Lipinski definition) is 1. The first-order valence-electron chi connectivity index (χ1n) is 9.42. The van der Waals surface area contributed by atoms with Crippen molar-refractivity contribution in [2.75, 3.05) is 11.4 Å². The molecule has 1 saturated heterocycles. The second-order valence-electron chi connectivity index (χ2n) is 7.43. The highest BCUT2D eigenvalue weighted by Crippen LogP contribution is 2.43. The van der Waals surface area contributed by atoms with Gasteiger partial charge in [0.1, 0.15) is 5.66 Å². The molecule has 0 aromatic heterocycles. The van der Waals surface area contributed by atoms with Crippen molar-refractivity contribution in [1.29, 1.82) is 0 Å². The molecule has 1 aromatic carbocycles. The van der Waals surface area contributed by atoms with Gasteiger partial charge >= 0.3 is 0 Å². The fourth-order valence-electron chi connectivity index (χ4n) is 4.11. The van der Waals surface area contributed by atoms with Crippen molar-refractivity contribution in [1.82, 2.24) is 10.2 Å². The first-order chi connectivity index (χ1) is 12.4. The third kappa shape index (κ3) is 3.08. The molecule has 1 fully saturated rings. The van der Waals surface area contributed by atoms with Crippen molar-refractivity contribution < 1.29 is 14.4 Å². The van der Waals surface area contributed by atoms with E-state index in [4.69, 9.17) is 0 Å². The van der Waals surface area contributed by atoms with Gasteiger partial charge in [0.25, 0.3) is 5.91 Å². The van der Waals surface area contributed by atoms with Crippen LogP contribution in [0.2, 0.25) is 0 Å². The molecule has 2 atom stereocenters. The van der Waals surface area contributed by atoms with Crippen molar-refractivity contribution in [3.63, 3.8) is 0 Å². The number of nitrogens with zero attached hydrogens (tertiary/aromatic N) is 2. The third-order valence-electron chi connectivity index (χ3n) is 5.44. The number of carbonyl (C=O) groups excluding carboxylic acids is 3. The second kappa shape index (κ2) is 7.09. The molecule has 2 aliphatic rings. The molecule has 6 nitrogen and oxygen atoms in total. The quantitative estimate of drug-likeness (QED) is 0.851. The van der Waals surface area contributed by atoms with Gasteiger partial charge in [0, 0.05) is 25.4 Å². The maximum atomic E-state index is 13.1. The van der Waals surface area contributed by atoms with Crippen molar-refractivity contribution in [3.05, 3.63) is 29.8 Å². The van der Waals surface area contributed by atoms with Gasteiger partial charge in [0.15, 0.2) is 0 Å². The topological polar surface area (TPSA) is 69.7 Å².